The van der Waals surface area contributed by atoms with Gasteiger partial charge >= 0.3 is 0 Å². The van der Waals surface area contributed by atoms with Gasteiger partial charge in [0.1, 0.15) is 19.0 Å². The van der Waals surface area contributed by atoms with E-state index in [-0.39, 0.29) is 5.75 Å². The number of hydrogen-bond donors (Lipinski definition) is 1. The molecule has 0 amide bonds. The fraction of sp³-hybridized carbons (Fsp3) is 0.133. The highest BCUT2D eigenvalue weighted by Crippen LogP contribution is 2.33. The Kier molecular flexibility index (Phi) is 3.06. The summed E-state index contributed by atoms with van der Waals surface area (Å²) in [5.74, 6) is 1.66. The monoisotopic (exact) mass is 255 g/mol. The lowest BCUT2D eigenvalue weighted by Gasteiger charge is -2.18. The Morgan fingerprint density at radius 2 is 1.79 bits per heavy atom. The topological polar surface area (TPSA) is 51.1 Å². The molecule has 1 aliphatic rings. The smallest absolute Gasteiger partial charge is 0.163 e. The maximum atomic E-state index is 9.64. The lowest BCUT2D eigenvalue weighted by Crippen LogP contribution is -2.14. The SMILES string of the molecule is Oc1ccccc1C=Nc1ccc2c(c1)OCCO2. The predicted octanol–water partition coefficient (Wildman–Crippen LogP) is 2.91. The third-order valence-electron chi connectivity index (χ3n) is 2.82. The molecule has 0 unspecified atom stereocenters. The summed E-state index contributed by atoms with van der Waals surface area (Å²) < 4.78 is 10.9. The second-order valence-electron chi connectivity index (χ2n) is 4.14. The van der Waals surface area contributed by atoms with Crippen LogP contribution in [0.3, 0.4) is 0 Å². The normalized spacial score (nSPS) is 13.7. The maximum absolute atomic E-state index is 9.64. The van der Waals surface area contributed by atoms with E-state index in [1.807, 2.05) is 24.3 Å². The van der Waals surface area contributed by atoms with Crippen molar-refractivity contribution in [3.8, 4) is 17.2 Å². The molecule has 96 valence electrons. The average Bonchev–Trinajstić information content (AvgIpc) is 2.46. The molecule has 0 aliphatic carbocycles. The van der Waals surface area contributed by atoms with E-state index in [0.717, 1.165) is 11.4 Å². The van der Waals surface area contributed by atoms with E-state index in [2.05, 4.69) is 4.99 Å². The molecule has 1 N–H and O–H groups in total. The second-order valence-corrected chi connectivity index (χ2v) is 4.14. The van der Waals surface area contributed by atoms with Crippen LogP contribution in [0.2, 0.25) is 0 Å². The minimum Gasteiger partial charge on any atom is -0.507 e. The summed E-state index contributed by atoms with van der Waals surface area (Å²) in [5, 5.41) is 9.64. The van der Waals surface area contributed by atoms with Crippen molar-refractivity contribution in [1.82, 2.24) is 0 Å². The Morgan fingerprint density at radius 1 is 1.00 bits per heavy atom. The number of hydrogen-bond acceptors (Lipinski definition) is 4. The summed E-state index contributed by atoms with van der Waals surface area (Å²) in [5.41, 5.74) is 1.44. The first-order valence-corrected chi connectivity index (χ1v) is 6.05. The van der Waals surface area contributed by atoms with Gasteiger partial charge in [0.25, 0.3) is 0 Å². The predicted molar refractivity (Wildman–Crippen MR) is 72.8 cm³/mol. The van der Waals surface area contributed by atoms with E-state index in [0.29, 0.717) is 24.5 Å². The van der Waals surface area contributed by atoms with Crippen molar-refractivity contribution in [2.24, 2.45) is 4.99 Å². The van der Waals surface area contributed by atoms with Gasteiger partial charge in [-0.05, 0) is 24.3 Å². The van der Waals surface area contributed by atoms with Gasteiger partial charge in [0.05, 0.1) is 5.69 Å². The molecule has 2 aromatic carbocycles. The van der Waals surface area contributed by atoms with Crippen molar-refractivity contribution in [3.05, 3.63) is 48.0 Å². The fourth-order valence-corrected chi connectivity index (χ4v) is 1.85. The van der Waals surface area contributed by atoms with Crippen LogP contribution in [0, 0.1) is 0 Å². The minimum atomic E-state index is 0.212. The largest absolute Gasteiger partial charge is 0.507 e. The molecule has 2 aromatic rings. The molecule has 1 heterocycles. The molecule has 0 radical (unpaired) electrons. The highest BCUT2D eigenvalue weighted by Gasteiger charge is 2.11. The number of phenolic OH excluding ortho intramolecular Hbond substituents is 1. The van der Waals surface area contributed by atoms with E-state index in [9.17, 15) is 5.11 Å². The van der Waals surface area contributed by atoms with Gasteiger partial charge in [0.15, 0.2) is 11.5 Å². The van der Waals surface area contributed by atoms with E-state index in [4.69, 9.17) is 9.47 Å². The number of fused-ring (bicyclic) bond motifs is 1. The molecule has 0 atom stereocenters. The van der Waals surface area contributed by atoms with Crippen LogP contribution >= 0.6 is 0 Å². The molecular weight excluding hydrogens is 242 g/mol. The highest BCUT2D eigenvalue weighted by atomic mass is 16.6. The van der Waals surface area contributed by atoms with E-state index in [1.165, 1.54) is 0 Å². The molecule has 4 heteroatoms. The number of para-hydroxylation sites is 1. The number of aliphatic imine (C=N–C) groups is 1. The first-order valence-electron chi connectivity index (χ1n) is 6.05. The Labute approximate surface area is 110 Å². The zero-order chi connectivity index (χ0) is 13.1. The quantitative estimate of drug-likeness (QED) is 0.839. The van der Waals surface area contributed by atoms with Crippen molar-refractivity contribution in [3.63, 3.8) is 0 Å². The molecule has 0 aromatic heterocycles. The number of rotatable bonds is 2. The molecule has 0 saturated carbocycles. The fourth-order valence-electron chi connectivity index (χ4n) is 1.85. The number of phenols is 1. The van der Waals surface area contributed by atoms with Gasteiger partial charge in [-0.1, -0.05) is 12.1 Å². The summed E-state index contributed by atoms with van der Waals surface area (Å²) in [7, 11) is 0. The van der Waals surface area contributed by atoms with Gasteiger partial charge in [-0.25, -0.2) is 0 Å². The van der Waals surface area contributed by atoms with Crippen molar-refractivity contribution >= 4 is 11.9 Å². The maximum Gasteiger partial charge on any atom is 0.163 e. The van der Waals surface area contributed by atoms with Crippen LogP contribution in [0.15, 0.2) is 47.5 Å². The Hall–Kier alpha value is -2.49. The van der Waals surface area contributed by atoms with Gasteiger partial charge in [0.2, 0.25) is 0 Å². The van der Waals surface area contributed by atoms with Crippen molar-refractivity contribution in [1.29, 1.82) is 0 Å². The third kappa shape index (κ3) is 2.52. The molecule has 0 fully saturated rings. The molecule has 0 bridgehead atoms. The molecule has 1 aliphatic heterocycles. The van der Waals surface area contributed by atoms with Gasteiger partial charge in [-0.15, -0.1) is 0 Å². The minimum absolute atomic E-state index is 0.212. The zero-order valence-electron chi connectivity index (χ0n) is 10.2. The van der Waals surface area contributed by atoms with Crippen LogP contribution < -0.4 is 9.47 Å². The van der Waals surface area contributed by atoms with Crippen LogP contribution in [-0.4, -0.2) is 24.5 Å². The van der Waals surface area contributed by atoms with Crippen LogP contribution in [-0.2, 0) is 0 Å². The summed E-state index contributed by atoms with van der Waals surface area (Å²) in [6.07, 6.45) is 1.63. The van der Waals surface area contributed by atoms with E-state index < -0.39 is 0 Å². The van der Waals surface area contributed by atoms with Crippen molar-refractivity contribution in [2.45, 2.75) is 0 Å². The molecule has 0 spiro atoms. The second kappa shape index (κ2) is 5.02. The lowest BCUT2D eigenvalue weighted by atomic mass is 10.2. The number of ether oxygens (including phenoxy) is 2. The van der Waals surface area contributed by atoms with Gasteiger partial charge in [-0.2, -0.15) is 0 Å². The van der Waals surface area contributed by atoms with Gasteiger partial charge in [0, 0.05) is 17.8 Å². The number of nitrogens with zero attached hydrogens (tertiary/aromatic N) is 1. The third-order valence-corrected chi connectivity index (χ3v) is 2.82. The summed E-state index contributed by atoms with van der Waals surface area (Å²) in [6.45, 7) is 1.13. The van der Waals surface area contributed by atoms with Gasteiger partial charge < -0.3 is 14.6 Å². The van der Waals surface area contributed by atoms with Crippen molar-refractivity contribution in [2.75, 3.05) is 13.2 Å². The van der Waals surface area contributed by atoms with Crippen LogP contribution in [0.5, 0.6) is 17.2 Å². The summed E-state index contributed by atoms with van der Waals surface area (Å²) >= 11 is 0. The number of aromatic hydroxyl groups is 1. The van der Waals surface area contributed by atoms with E-state index >= 15 is 0 Å². The highest BCUT2D eigenvalue weighted by molar-refractivity contribution is 5.85. The molecular formula is C15H13NO3. The first-order chi connectivity index (χ1) is 9.33. The summed E-state index contributed by atoms with van der Waals surface area (Å²) in [4.78, 5) is 4.32. The lowest BCUT2D eigenvalue weighted by molar-refractivity contribution is 0.171. The van der Waals surface area contributed by atoms with Gasteiger partial charge in [-0.3, -0.25) is 4.99 Å². The molecule has 4 nitrogen and oxygen atoms in total. The van der Waals surface area contributed by atoms with E-state index in [1.54, 1.807) is 24.4 Å². The Bertz CT molecular complexity index is 623. The van der Waals surface area contributed by atoms with Crippen LogP contribution in [0.25, 0.3) is 0 Å². The van der Waals surface area contributed by atoms with Crippen molar-refractivity contribution < 1.29 is 14.6 Å². The van der Waals surface area contributed by atoms with Crippen LogP contribution in [0.4, 0.5) is 5.69 Å². The van der Waals surface area contributed by atoms with Crippen LogP contribution in [0.1, 0.15) is 5.56 Å². The summed E-state index contributed by atoms with van der Waals surface area (Å²) in [6, 6.07) is 12.6. The molecule has 3 rings (SSSR count). The molecule has 19 heavy (non-hydrogen) atoms. The molecule has 0 saturated heterocycles. The zero-order valence-corrected chi connectivity index (χ0v) is 10.2. The Morgan fingerprint density at radius 3 is 2.63 bits per heavy atom. The number of benzene rings is 2. The average molecular weight is 255 g/mol. The Balaban J connectivity index is 1.85. The first kappa shape index (κ1) is 11.6. The standard InChI is InChI=1S/C15H13NO3/c17-13-4-2-1-3-11(13)10-16-12-5-6-14-15(9-12)19-8-7-18-14/h1-6,9-10,17H,7-8H2.